The molecule has 2 aromatic carbocycles. The third-order valence-electron chi connectivity index (χ3n) is 5.43. The van der Waals surface area contributed by atoms with Crippen LogP contribution in [0.25, 0.3) is 11.1 Å². The number of non-ortho nitro benzene ring substituents is 1. The quantitative estimate of drug-likeness (QED) is 0.282. The van der Waals surface area contributed by atoms with Crippen molar-refractivity contribution in [3.05, 3.63) is 63.0 Å². The van der Waals surface area contributed by atoms with Crippen LogP contribution in [0.4, 0.5) is 5.69 Å². The summed E-state index contributed by atoms with van der Waals surface area (Å²) in [6.45, 7) is 1.65. The molecule has 0 saturated heterocycles. The van der Waals surface area contributed by atoms with Gasteiger partial charge in [-0.05, 0) is 37.3 Å². The van der Waals surface area contributed by atoms with Gasteiger partial charge in [-0.25, -0.2) is 0 Å². The van der Waals surface area contributed by atoms with Crippen molar-refractivity contribution in [2.75, 3.05) is 14.2 Å². The van der Waals surface area contributed by atoms with Gasteiger partial charge in [0.05, 0.1) is 16.5 Å². The maximum Gasteiger partial charge on any atom is 0.270 e. The fraction of sp³-hybridized carbons (Fsp3) is 0.350. The summed E-state index contributed by atoms with van der Waals surface area (Å²) >= 11 is 5.45. The summed E-state index contributed by atoms with van der Waals surface area (Å²) in [6, 6.07) is 10.6. The lowest BCUT2D eigenvalue weighted by molar-refractivity contribution is -0.385. The number of hydrogen-bond donors (Lipinski definition) is 1. The number of hydrogen-bond acceptors (Lipinski definition) is 8. The number of oxazole rings is 1. The molecule has 3 aromatic rings. The van der Waals surface area contributed by atoms with Gasteiger partial charge in [0.2, 0.25) is 0 Å². The van der Waals surface area contributed by atoms with E-state index in [1.807, 2.05) is 6.07 Å². The highest BCUT2D eigenvalue weighted by Gasteiger charge is 2.53. The smallest absolute Gasteiger partial charge is 0.270 e. The molecule has 0 aliphatic carbocycles. The second kappa shape index (κ2) is 7.47. The molecule has 158 valence electrons. The first-order chi connectivity index (χ1) is 14.3. The molecule has 0 bridgehead atoms. The predicted molar refractivity (Wildman–Crippen MR) is 109 cm³/mol. The molecule has 4 rings (SSSR count). The maximum atomic E-state index is 11.5. The third kappa shape index (κ3) is 3.00. The van der Waals surface area contributed by atoms with Crippen LogP contribution in [-0.4, -0.2) is 46.8 Å². The minimum Gasteiger partial charge on any atom is -0.479 e. The SMILES string of the molecule is COC(OC)[C@]1(C)Oc2ccc([N+](=O)[O-])cc2[C@H](n2c(=S)oc3ccccc32)[C@@H]1O. The lowest BCUT2D eigenvalue weighted by Crippen LogP contribution is -2.60. The second-order valence-corrected chi connectivity index (χ2v) is 7.51. The Morgan fingerprint density at radius 1 is 1.27 bits per heavy atom. The number of nitrogens with zero attached hydrogens (tertiary/aromatic N) is 2. The van der Waals surface area contributed by atoms with Gasteiger partial charge in [-0.1, -0.05) is 12.1 Å². The zero-order chi connectivity index (χ0) is 21.6. The number of nitro benzene ring substituents is 1. The molecule has 0 radical (unpaired) electrons. The van der Waals surface area contributed by atoms with Crippen LogP contribution in [0.2, 0.25) is 0 Å². The van der Waals surface area contributed by atoms with E-state index in [-0.39, 0.29) is 10.5 Å². The van der Waals surface area contributed by atoms with Crippen molar-refractivity contribution >= 4 is 29.0 Å². The van der Waals surface area contributed by atoms with E-state index in [9.17, 15) is 15.2 Å². The van der Waals surface area contributed by atoms with E-state index >= 15 is 0 Å². The molecule has 0 unspecified atom stereocenters. The Kier molecular flexibility index (Phi) is 5.10. The molecule has 1 N–H and O–H groups in total. The van der Waals surface area contributed by atoms with Crippen LogP contribution in [0.3, 0.4) is 0 Å². The molecular weight excluding hydrogens is 412 g/mol. The van der Waals surface area contributed by atoms with E-state index in [0.717, 1.165) is 0 Å². The van der Waals surface area contributed by atoms with E-state index in [1.165, 1.54) is 32.4 Å². The third-order valence-corrected chi connectivity index (χ3v) is 5.71. The number of methoxy groups -OCH3 is 2. The van der Waals surface area contributed by atoms with E-state index in [1.54, 1.807) is 29.7 Å². The first-order valence-electron chi connectivity index (χ1n) is 9.13. The fourth-order valence-corrected chi connectivity index (χ4v) is 4.34. The van der Waals surface area contributed by atoms with Crippen molar-refractivity contribution < 1.29 is 28.7 Å². The summed E-state index contributed by atoms with van der Waals surface area (Å²) in [5.74, 6) is 0.352. The Balaban J connectivity index is 2.01. The number of aliphatic hydroxyl groups is 1. The fourth-order valence-electron chi connectivity index (χ4n) is 4.03. The topological polar surface area (TPSA) is 109 Å². The average Bonchev–Trinajstić information content (AvgIpc) is 3.05. The highest BCUT2D eigenvalue weighted by molar-refractivity contribution is 7.71. The van der Waals surface area contributed by atoms with E-state index < -0.39 is 29.0 Å². The second-order valence-electron chi connectivity index (χ2n) is 7.16. The Morgan fingerprint density at radius 2 is 1.97 bits per heavy atom. The molecule has 0 spiro atoms. The number of ether oxygens (including phenoxy) is 3. The summed E-state index contributed by atoms with van der Waals surface area (Å²) in [5.41, 5.74) is 0.101. The average molecular weight is 432 g/mol. The minimum atomic E-state index is -1.34. The van der Waals surface area contributed by atoms with Crippen LogP contribution in [-0.2, 0) is 9.47 Å². The maximum absolute atomic E-state index is 11.5. The van der Waals surface area contributed by atoms with Crippen LogP contribution in [0.5, 0.6) is 5.75 Å². The molecule has 0 amide bonds. The van der Waals surface area contributed by atoms with Gasteiger partial charge in [0.15, 0.2) is 17.5 Å². The van der Waals surface area contributed by atoms with Gasteiger partial charge in [-0.15, -0.1) is 0 Å². The van der Waals surface area contributed by atoms with Crippen LogP contribution in [0.15, 0.2) is 46.9 Å². The van der Waals surface area contributed by atoms with E-state index in [2.05, 4.69) is 0 Å². The normalized spacial score (nSPS) is 23.4. The van der Waals surface area contributed by atoms with Gasteiger partial charge in [0.1, 0.15) is 11.9 Å². The number of benzene rings is 2. The number of nitro groups is 1. The number of aromatic nitrogens is 1. The van der Waals surface area contributed by atoms with Crippen molar-refractivity contribution in [1.29, 1.82) is 0 Å². The molecule has 1 aliphatic rings. The van der Waals surface area contributed by atoms with Gasteiger partial charge in [0, 0.05) is 31.9 Å². The standard InChI is InChI=1S/C20H20N2O7S/c1-20(18(26-2)27-3)17(23)16(12-10-11(22(24)25)8-9-14(12)29-20)21-13-6-4-5-7-15(13)28-19(21)30/h4-10,16-18,23H,1-3H3/t16-,17-,20+/m0/s1. The lowest BCUT2D eigenvalue weighted by atomic mass is 9.84. The van der Waals surface area contributed by atoms with Crippen molar-refractivity contribution in [3.8, 4) is 5.75 Å². The minimum absolute atomic E-state index is 0.119. The summed E-state index contributed by atoms with van der Waals surface area (Å²) in [7, 11) is 2.88. The highest BCUT2D eigenvalue weighted by Crippen LogP contribution is 2.46. The summed E-state index contributed by atoms with van der Waals surface area (Å²) in [4.78, 5) is 11.0. The molecule has 1 aromatic heterocycles. The highest BCUT2D eigenvalue weighted by atomic mass is 32.1. The summed E-state index contributed by atoms with van der Waals surface area (Å²) < 4.78 is 24.2. The van der Waals surface area contributed by atoms with Crippen molar-refractivity contribution in [3.63, 3.8) is 0 Å². The van der Waals surface area contributed by atoms with Crippen molar-refractivity contribution in [2.45, 2.75) is 31.0 Å². The first-order valence-corrected chi connectivity index (χ1v) is 9.53. The molecule has 9 nitrogen and oxygen atoms in total. The van der Waals surface area contributed by atoms with Crippen LogP contribution >= 0.6 is 12.2 Å². The zero-order valence-electron chi connectivity index (χ0n) is 16.5. The Labute approximate surface area is 176 Å². The van der Waals surface area contributed by atoms with E-state index in [0.29, 0.717) is 22.4 Å². The largest absolute Gasteiger partial charge is 0.479 e. The van der Waals surface area contributed by atoms with Crippen molar-refractivity contribution in [2.24, 2.45) is 0 Å². The predicted octanol–water partition coefficient (Wildman–Crippen LogP) is 3.59. The molecule has 0 fully saturated rings. The van der Waals surface area contributed by atoms with Crippen LogP contribution < -0.4 is 4.74 Å². The molecule has 3 atom stereocenters. The molecule has 2 heterocycles. The zero-order valence-corrected chi connectivity index (χ0v) is 17.3. The number of aliphatic hydroxyl groups excluding tert-OH is 1. The van der Waals surface area contributed by atoms with Crippen molar-refractivity contribution in [1.82, 2.24) is 4.57 Å². The number of rotatable bonds is 5. The summed E-state index contributed by atoms with van der Waals surface area (Å²) in [6.07, 6.45) is -2.17. The van der Waals surface area contributed by atoms with E-state index in [4.69, 9.17) is 30.8 Å². The molecule has 30 heavy (non-hydrogen) atoms. The monoisotopic (exact) mass is 432 g/mol. The van der Waals surface area contributed by atoms with Gasteiger partial charge in [-0.2, -0.15) is 0 Å². The Bertz CT molecular complexity index is 1170. The number of fused-ring (bicyclic) bond motifs is 2. The lowest BCUT2D eigenvalue weighted by Gasteiger charge is -2.46. The Hall–Kier alpha value is -2.79. The molecule has 1 aliphatic heterocycles. The molecule has 0 saturated carbocycles. The molecule has 10 heteroatoms. The number of para-hydroxylation sites is 2. The van der Waals surface area contributed by atoms with Gasteiger partial charge in [-0.3, -0.25) is 14.7 Å². The van der Waals surface area contributed by atoms with Crippen LogP contribution in [0, 0.1) is 15.0 Å². The van der Waals surface area contributed by atoms with Gasteiger partial charge < -0.3 is 23.7 Å². The Morgan fingerprint density at radius 3 is 2.63 bits per heavy atom. The van der Waals surface area contributed by atoms with Gasteiger partial charge >= 0.3 is 0 Å². The van der Waals surface area contributed by atoms with Gasteiger partial charge in [0.25, 0.3) is 10.5 Å². The first kappa shape index (κ1) is 20.5. The molecular formula is C20H20N2O7S. The summed E-state index contributed by atoms with van der Waals surface area (Å²) in [5, 5.41) is 22.9. The van der Waals surface area contributed by atoms with Crippen LogP contribution in [0.1, 0.15) is 18.5 Å².